The van der Waals surface area contributed by atoms with Crippen LogP contribution in [0.1, 0.15) is 52.4 Å². The summed E-state index contributed by atoms with van der Waals surface area (Å²) in [5.41, 5.74) is 4.90. The fourth-order valence-corrected chi connectivity index (χ4v) is 2.39. The Morgan fingerprint density at radius 1 is 1.44 bits per heavy atom. The zero-order chi connectivity index (χ0) is 13.2. The molecule has 2 saturated carbocycles. The van der Waals surface area contributed by atoms with Crippen LogP contribution in [-0.4, -0.2) is 30.2 Å². The lowest BCUT2D eigenvalue weighted by molar-refractivity contribution is -0.125. The van der Waals surface area contributed by atoms with Gasteiger partial charge in [0.1, 0.15) is 0 Å². The van der Waals surface area contributed by atoms with Gasteiger partial charge in [-0.25, -0.2) is 0 Å². The van der Waals surface area contributed by atoms with Gasteiger partial charge in [0.05, 0.1) is 11.6 Å². The molecule has 0 aromatic carbocycles. The van der Waals surface area contributed by atoms with Crippen LogP contribution in [0.5, 0.6) is 0 Å². The van der Waals surface area contributed by atoms with E-state index in [2.05, 4.69) is 5.32 Å². The Balaban J connectivity index is 1.73. The minimum atomic E-state index is -0.625. The molecular weight excluding hydrogens is 228 g/mol. The van der Waals surface area contributed by atoms with E-state index in [4.69, 9.17) is 10.5 Å². The van der Waals surface area contributed by atoms with E-state index in [0.717, 1.165) is 31.8 Å². The van der Waals surface area contributed by atoms with Gasteiger partial charge in [0, 0.05) is 19.1 Å². The zero-order valence-electron chi connectivity index (χ0n) is 11.6. The lowest BCUT2D eigenvalue weighted by Crippen LogP contribution is -2.55. The molecule has 0 spiro atoms. The Morgan fingerprint density at radius 3 is 2.61 bits per heavy atom. The first-order valence-electron chi connectivity index (χ1n) is 7.19. The molecule has 0 aromatic heterocycles. The third kappa shape index (κ3) is 4.25. The molecule has 2 rings (SSSR count). The van der Waals surface area contributed by atoms with E-state index in [1.807, 2.05) is 13.8 Å². The van der Waals surface area contributed by atoms with Crippen molar-refractivity contribution in [3.8, 4) is 0 Å². The van der Waals surface area contributed by atoms with E-state index in [1.54, 1.807) is 0 Å². The lowest BCUT2D eigenvalue weighted by Gasteiger charge is -2.30. The van der Waals surface area contributed by atoms with E-state index in [1.165, 1.54) is 12.8 Å². The van der Waals surface area contributed by atoms with Crippen LogP contribution >= 0.6 is 0 Å². The Bertz CT molecular complexity index is 300. The van der Waals surface area contributed by atoms with Gasteiger partial charge in [0.25, 0.3) is 0 Å². The molecule has 0 aromatic rings. The molecule has 2 aliphatic rings. The van der Waals surface area contributed by atoms with Crippen LogP contribution < -0.4 is 11.1 Å². The fourth-order valence-electron chi connectivity index (χ4n) is 2.39. The van der Waals surface area contributed by atoms with Gasteiger partial charge in [0.2, 0.25) is 5.91 Å². The molecule has 2 unspecified atom stereocenters. The van der Waals surface area contributed by atoms with Crippen LogP contribution in [0.2, 0.25) is 0 Å². The second-order valence-electron chi connectivity index (χ2n) is 6.23. The summed E-state index contributed by atoms with van der Waals surface area (Å²) in [6.07, 6.45) is 6.92. The van der Waals surface area contributed by atoms with E-state index < -0.39 is 5.54 Å². The predicted octanol–water partition coefficient (Wildman–Crippen LogP) is 1.58. The van der Waals surface area contributed by atoms with Gasteiger partial charge < -0.3 is 15.8 Å². The fraction of sp³-hybridized carbons (Fsp3) is 0.929. The minimum absolute atomic E-state index is 0.0764. The van der Waals surface area contributed by atoms with Gasteiger partial charge in [0.15, 0.2) is 0 Å². The summed E-state index contributed by atoms with van der Waals surface area (Å²) in [5.74, 6) is 0.622. The SMILES string of the molecule is CC(CC(C)(NC1CC1)C(N)=O)OCCC1CC1. The van der Waals surface area contributed by atoms with Crippen LogP contribution in [-0.2, 0) is 9.53 Å². The van der Waals surface area contributed by atoms with Crippen molar-refractivity contribution in [1.29, 1.82) is 0 Å². The van der Waals surface area contributed by atoms with E-state index in [0.29, 0.717) is 12.5 Å². The molecule has 2 atom stereocenters. The summed E-state index contributed by atoms with van der Waals surface area (Å²) >= 11 is 0. The van der Waals surface area contributed by atoms with Crippen LogP contribution in [0.15, 0.2) is 0 Å². The second kappa shape index (κ2) is 5.57. The van der Waals surface area contributed by atoms with Crippen molar-refractivity contribution in [2.45, 2.75) is 70.1 Å². The van der Waals surface area contributed by atoms with Crippen molar-refractivity contribution in [3.05, 3.63) is 0 Å². The standard InChI is InChI=1S/C14H26N2O2/c1-10(18-8-7-11-3-4-11)9-14(2,13(15)17)16-12-5-6-12/h10-12,16H,3-9H2,1-2H3,(H2,15,17). The Labute approximate surface area is 110 Å². The van der Waals surface area contributed by atoms with Crippen LogP contribution in [0.3, 0.4) is 0 Å². The number of carbonyl (C=O) groups excluding carboxylic acids is 1. The topological polar surface area (TPSA) is 64.3 Å². The Morgan fingerprint density at radius 2 is 2.11 bits per heavy atom. The van der Waals surface area contributed by atoms with Crippen molar-refractivity contribution in [2.24, 2.45) is 11.7 Å². The molecule has 0 bridgehead atoms. The maximum Gasteiger partial charge on any atom is 0.237 e. The number of nitrogens with one attached hydrogen (secondary N) is 1. The van der Waals surface area contributed by atoms with Crippen molar-refractivity contribution in [1.82, 2.24) is 5.32 Å². The van der Waals surface area contributed by atoms with Gasteiger partial charge in [-0.1, -0.05) is 12.8 Å². The average molecular weight is 254 g/mol. The normalized spacial score (nSPS) is 24.6. The largest absolute Gasteiger partial charge is 0.378 e. The molecule has 3 N–H and O–H groups in total. The minimum Gasteiger partial charge on any atom is -0.378 e. The van der Waals surface area contributed by atoms with E-state index >= 15 is 0 Å². The Hall–Kier alpha value is -0.610. The third-order valence-corrected chi connectivity index (χ3v) is 3.96. The first kappa shape index (κ1) is 13.8. The molecule has 1 amide bonds. The van der Waals surface area contributed by atoms with Crippen molar-refractivity contribution < 1.29 is 9.53 Å². The van der Waals surface area contributed by atoms with Crippen molar-refractivity contribution in [3.63, 3.8) is 0 Å². The molecule has 2 fully saturated rings. The van der Waals surface area contributed by atoms with Crippen LogP contribution in [0, 0.1) is 5.92 Å². The van der Waals surface area contributed by atoms with Gasteiger partial charge in [-0.3, -0.25) is 4.79 Å². The summed E-state index contributed by atoms with van der Waals surface area (Å²) in [4.78, 5) is 11.6. The summed E-state index contributed by atoms with van der Waals surface area (Å²) in [6, 6.07) is 0.473. The summed E-state index contributed by atoms with van der Waals surface area (Å²) in [6.45, 7) is 4.74. The number of nitrogens with two attached hydrogens (primary N) is 1. The molecule has 18 heavy (non-hydrogen) atoms. The average Bonchev–Trinajstić information content (AvgIpc) is 3.11. The number of rotatable bonds is 9. The van der Waals surface area contributed by atoms with Crippen molar-refractivity contribution >= 4 is 5.91 Å². The first-order chi connectivity index (χ1) is 8.49. The molecule has 0 aliphatic heterocycles. The number of hydrogen-bond donors (Lipinski definition) is 2. The summed E-state index contributed by atoms with van der Waals surface area (Å²) < 4.78 is 5.79. The van der Waals surface area contributed by atoms with Gasteiger partial charge in [-0.2, -0.15) is 0 Å². The molecule has 104 valence electrons. The highest BCUT2D eigenvalue weighted by molar-refractivity contribution is 5.84. The smallest absolute Gasteiger partial charge is 0.237 e. The Kier molecular flexibility index (Phi) is 4.28. The molecule has 0 radical (unpaired) electrons. The highest BCUT2D eigenvalue weighted by atomic mass is 16.5. The molecule has 0 heterocycles. The predicted molar refractivity (Wildman–Crippen MR) is 71.1 cm³/mol. The van der Waals surface area contributed by atoms with Crippen LogP contribution in [0.4, 0.5) is 0 Å². The third-order valence-electron chi connectivity index (χ3n) is 3.96. The van der Waals surface area contributed by atoms with Gasteiger partial charge in [-0.15, -0.1) is 0 Å². The summed E-state index contributed by atoms with van der Waals surface area (Å²) in [7, 11) is 0. The number of amides is 1. The van der Waals surface area contributed by atoms with E-state index in [9.17, 15) is 4.79 Å². The lowest BCUT2D eigenvalue weighted by atomic mass is 9.93. The number of ether oxygens (including phenoxy) is 1. The summed E-state index contributed by atoms with van der Waals surface area (Å²) in [5, 5.41) is 3.35. The quantitative estimate of drug-likeness (QED) is 0.656. The van der Waals surface area contributed by atoms with Gasteiger partial charge in [-0.05, 0) is 39.0 Å². The molecule has 4 heteroatoms. The highest BCUT2D eigenvalue weighted by Crippen LogP contribution is 2.32. The molecule has 2 aliphatic carbocycles. The van der Waals surface area contributed by atoms with E-state index in [-0.39, 0.29) is 12.0 Å². The molecule has 4 nitrogen and oxygen atoms in total. The van der Waals surface area contributed by atoms with Crippen molar-refractivity contribution in [2.75, 3.05) is 6.61 Å². The maximum atomic E-state index is 11.6. The number of primary amides is 1. The highest BCUT2D eigenvalue weighted by Gasteiger charge is 2.38. The second-order valence-corrected chi connectivity index (χ2v) is 6.23. The van der Waals surface area contributed by atoms with Gasteiger partial charge >= 0.3 is 0 Å². The zero-order valence-corrected chi connectivity index (χ0v) is 11.6. The number of carbonyl (C=O) groups is 1. The monoisotopic (exact) mass is 254 g/mol. The molecular formula is C14H26N2O2. The van der Waals surface area contributed by atoms with Crippen LogP contribution in [0.25, 0.3) is 0 Å². The number of hydrogen-bond acceptors (Lipinski definition) is 3. The molecule has 0 saturated heterocycles. The first-order valence-corrected chi connectivity index (χ1v) is 7.19. The maximum absolute atomic E-state index is 11.6.